The van der Waals surface area contributed by atoms with Crippen molar-refractivity contribution in [3.8, 4) is 23.6 Å². The van der Waals surface area contributed by atoms with Crippen LogP contribution in [0.3, 0.4) is 0 Å². The number of nitrogens with two attached hydrogens (primary N) is 5. The van der Waals surface area contributed by atoms with Crippen LogP contribution in [-0.2, 0) is 19.3 Å². The van der Waals surface area contributed by atoms with E-state index in [9.17, 15) is 28.8 Å². The number of phenolic OH excluding ortho intramolecular Hbond substituents is 1. The number of hydrogen-bond acceptors (Lipinski definition) is 18. The number of nitrogen functional groups attached to an aromatic ring is 1. The van der Waals surface area contributed by atoms with Gasteiger partial charge in [-0.1, -0.05) is 134 Å². The molecule has 0 aliphatic rings. The molecule has 28 heteroatoms. The van der Waals surface area contributed by atoms with Crippen LogP contribution in [0.4, 0.5) is 11.4 Å². The number of benzene rings is 6. The van der Waals surface area contributed by atoms with Crippen molar-refractivity contribution in [1.82, 2.24) is 4.90 Å². The molecule has 2 aromatic heterocycles. The van der Waals surface area contributed by atoms with Crippen molar-refractivity contribution in [3.05, 3.63) is 191 Å². The summed E-state index contributed by atoms with van der Waals surface area (Å²) in [5.74, 6) is -2.20. The summed E-state index contributed by atoms with van der Waals surface area (Å²) >= 11 is 8.00. The van der Waals surface area contributed by atoms with Crippen LogP contribution in [-0.4, -0.2) is 88.3 Å². The van der Waals surface area contributed by atoms with Crippen LogP contribution in [0.15, 0.2) is 167 Å². The maximum absolute atomic E-state index is 12.2. The van der Waals surface area contributed by atoms with Gasteiger partial charge in [0, 0.05) is 21.9 Å². The standard InChI is InChI=1S/C16H12N2O3.2C9H8N2O2.C7H5ClO.C7H5NO.C6H15N.C2H4BrNO.CH2O3.3K.H2O.H/c17-15(19)14-13(11-8-4-5-9-12(11)21-14)18-16(20)10-6-2-1-3-7-10;10-7-5-3-1-2-4-6(5)13-8(7)9(11)12;10-5-7-3-1-2-4-8(7)13-6-9(11)12;8-7(9)6-4-2-1-3-5-6;8-5-6-3-1-2-4-7(6)9;1-4-7(5-2)6-3;3-1-2(4)5;2-1-4-3;;;;;/h1-9H,(H2,17,19)(H,18,20);1-4H,10H2,(H2,11,12);1-4H,6H2,(H2,11,12);1-5H;1-4,9H;4-6H2,1-3H3;1H2,(H2,4,5);1,3H;;;;1H2;/q;;;;;;;;3*+1;;-1/p-2. The Bertz CT molecular complexity index is 3370. The first-order chi connectivity index (χ1) is 38.8. The number of aromatic hydroxyl groups is 1. The van der Waals surface area contributed by atoms with E-state index < -0.39 is 23.0 Å². The SMILES string of the molecule is CCN(CC)CC.N#Cc1ccccc1O.N#Cc1ccccc1OCC(N)=O.NC(=O)CBr.NC(=O)c1oc2ccccc2c1N.NC(=O)c1oc2ccccc2c1NC(=O)c1ccccc1.O=C(Cl)c1ccccc1.O=CO[O-].[H-].[K+].[K+].[K+].[OH-]. The molecule has 23 nitrogen and oxygen atoms in total. The molecule has 2 heterocycles. The average molecular weight is 1330 g/mol. The number of carbonyl (C=O) groups is 7. The van der Waals surface area contributed by atoms with Gasteiger partial charge in [0.05, 0.1) is 22.1 Å². The summed E-state index contributed by atoms with van der Waals surface area (Å²) in [6, 6.07) is 48.5. The molecule has 434 valence electrons. The molecule has 0 spiro atoms. The van der Waals surface area contributed by atoms with Crippen molar-refractivity contribution in [2.45, 2.75) is 20.8 Å². The number of nitrogens with one attached hydrogen (secondary N) is 1. The maximum atomic E-state index is 12.2. The zero-order valence-corrected chi connectivity index (χ0v) is 59.1. The Morgan fingerprint density at radius 1 is 0.659 bits per heavy atom. The van der Waals surface area contributed by atoms with Crippen molar-refractivity contribution in [2.75, 3.05) is 42.6 Å². The summed E-state index contributed by atoms with van der Waals surface area (Å²) in [6.45, 7) is 9.73. The first kappa shape index (κ1) is 86.3. The Hall–Kier alpha value is -5.17. The van der Waals surface area contributed by atoms with Gasteiger partial charge in [0.25, 0.3) is 35.3 Å². The van der Waals surface area contributed by atoms with Gasteiger partial charge in [-0.3, -0.25) is 33.6 Å². The Morgan fingerprint density at radius 2 is 1.06 bits per heavy atom. The molecule has 0 unspecified atom stereocenters. The molecule has 6 aromatic carbocycles. The van der Waals surface area contributed by atoms with Gasteiger partial charge in [0.1, 0.15) is 40.5 Å². The smallest absolute Gasteiger partial charge is 1.00 e. The van der Waals surface area contributed by atoms with E-state index in [1.165, 1.54) is 25.7 Å². The molecule has 0 fully saturated rings. The van der Waals surface area contributed by atoms with E-state index in [0.29, 0.717) is 55.9 Å². The number of carbonyl (C=O) groups excluding carboxylic acids is 7. The summed E-state index contributed by atoms with van der Waals surface area (Å²) in [4.78, 5) is 78.5. The summed E-state index contributed by atoms with van der Waals surface area (Å²) < 4.78 is 15.6. The fourth-order valence-electron chi connectivity index (χ4n) is 6.01. The second-order valence-electron chi connectivity index (χ2n) is 15.2. The first-order valence-corrected chi connectivity index (χ1v) is 25.1. The molecular weight excluding hydrogens is 1270 g/mol. The second-order valence-corrected chi connectivity index (χ2v) is 16.1. The topological polar surface area (TPSA) is 430 Å². The third-order valence-corrected chi connectivity index (χ3v) is 10.6. The monoisotopic (exact) mass is 1330 g/mol. The Balaban J connectivity index is -0.000000302. The maximum Gasteiger partial charge on any atom is 1.00 e. The van der Waals surface area contributed by atoms with Gasteiger partial charge in [-0.2, -0.15) is 10.5 Å². The van der Waals surface area contributed by atoms with Crippen LogP contribution in [0.25, 0.3) is 21.9 Å². The van der Waals surface area contributed by atoms with Crippen LogP contribution in [0.2, 0.25) is 0 Å². The molecule has 8 aromatic rings. The van der Waals surface area contributed by atoms with E-state index in [-0.39, 0.29) is 209 Å². The molecule has 13 N–H and O–H groups in total. The van der Waals surface area contributed by atoms with Crippen LogP contribution in [0.5, 0.6) is 11.5 Å². The first-order valence-electron chi connectivity index (χ1n) is 23.7. The van der Waals surface area contributed by atoms with Crippen LogP contribution >= 0.6 is 27.5 Å². The molecule has 85 heavy (non-hydrogen) atoms. The number of nitrogens with zero attached hydrogens (tertiary/aromatic N) is 3. The molecule has 0 saturated heterocycles. The Labute approximate surface area is 632 Å². The van der Waals surface area contributed by atoms with Crippen molar-refractivity contribution in [2.24, 2.45) is 22.9 Å². The van der Waals surface area contributed by atoms with Crippen molar-refractivity contribution in [3.63, 3.8) is 0 Å². The molecular formula is C57H60BrClK3N9O14. The third-order valence-electron chi connectivity index (χ3n) is 9.87. The van der Waals surface area contributed by atoms with Crippen molar-refractivity contribution in [1.29, 1.82) is 10.5 Å². The van der Waals surface area contributed by atoms with E-state index in [1.54, 1.807) is 133 Å². The minimum absolute atomic E-state index is 0. The molecule has 8 rings (SSSR count). The molecule has 0 bridgehead atoms. The van der Waals surface area contributed by atoms with Gasteiger partial charge in [-0.15, -0.1) is 0 Å². The van der Waals surface area contributed by atoms with Gasteiger partial charge in [-0.25, -0.2) is 0 Å². The van der Waals surface area contributed by atoms with E-state index in [1.807, 2.05) is 30.3 Å². The zero-order valence-electron chi connectivity index (χ0n) is 48.4. The number of rotatable bonds is 13. The summed E-state index contributed by atoms with van der Waals surface area (Å²) in [6.07, 6.45) is 0. The molecule has 0 aliphatic carbocycles. The number of anilines is 2. The molecule has 0 radical (unpaired) electrons. The second kappa shape index (κ2) is 50.9. The van der Waals surface area contributed by atoms with Gasteiger partial charge >= 0.3 is 154 Å². The number of nitriles is 2. The van der Waals surface area contributed by atoms with Gasteiger partial charge in [-0.05, 0) is 91.9 Å². The van der Waals surface area contributed by atoms with Crippen LogP contribution in [0.1, 0.15) is 75.2 Å². The quantitative estimate of drug-likeness (QED) is 0.0168. The fourth-order valence-corrected chi connectivity index (χ4v) is 6.13. The van der Waals surface area contributed by atoms with E-state index >= 15 is 0 Å². The number of hydrogen-bond donors (Lipinski definition) is 7. The van der Waals surface area contributed by atoms with E-state index in [0.717, 1.165) is 5.39 Å². The number of halogens is 2. The zero-order chi connectivity index (χ0) is 60.7. The normalized spacial score (nSPS) is 8.91. The predicted molar refractivity (Wildman–Crippen MR) is 310 cm³/mol. The van der Waals surface area contributed by atoms with Gasteiger partial charge < -0.3 is 74.6 Å². The number of para-hydroxylation sites is 4. The minimum atomic E-state index is -0.727. The Morgan fingerprint density at radius 3 is 1.44 bits per heavy atom. The van der Waals surface area contributed by atoms with Crippen molar-refractivity contribution < 1.29 is 223 Å². The largest absolute Gasteiger partial charge is 1.00 e. The van der Waals surface area contributed by atoms with Gasteiger partial charge in [0.2, 0.25) is 17.4 Å². The fraction of sp³-hybridized carbons (Fsp3) is 0.140. The van der Waals surface area contributed by atoms with E-state index in [4.69, 9.17) is 73.8 Å². The number of furan rings is 2. The number of fused-ring (bicyclic) bond motifs is 2. The molecule has 0 atom stereocenters. The average Bonchev–Trinajstić information content (AvgIpc) is 2.61. The van der Waals surface area contributed by atoms with Crippen LogP contribution in [0, 0.1) is 22.7 Å². The minimum Gasteiger partial charge on any atom is -1.00 e. The number of ether oxygens (including phenoxy) is 1. The summed E-state index contributed by atoms with van der Waals surface area (Å²) in [5, 5.41) is 38.2. The van der Waals surface area contributed by atoms with E-state index in [2.05, 4.69) is 57.5 Å². The summed E-state index contributed by atoms with van der Waals surface area (Å²) in [7, 11) is 0. The number of phenols is 1. The van der Waals surface area contributed by atoms with Crippen LogP contribution < -0.4 is 198 Å². The number of alkyl halides is 1. The molecule has 0 aliphatic heterocycles. The predicted octanol–water partition coefficient (Wildman–Crippen LogP) is -1.75. The van der Waals surface area contributed by atoms with Crippen molar-refractivity contribution >= 4 is 102 Å². The van der Waals surface area contributed by atoms with Gasteiger partial charge in [0.15, 0.2) is 6.61 Å². The molecule has 5 amide bonds. The molecule has 0 saturated carbocycles. The Kier molecular flexibility index (Phi) is 51.7. The number of amides is 5. The summed E-state index contributed by atoms with van der Waals surface area (Å²) in [5.41, 5.74) is 28.9. The third kappa shape index (κ3) is 34.1. The number of primary amides is 4.